The normalized spacial score (nSPS) is 12.5. The maximum absolute atomic E-state index is 12.0. The van der Waals surface area contributed by atoms with Crippen LogP contribution in [0.1, 0.15) is 37.0 Å². The summed E-state index contributed by atoms with van der Waals surface area (Å²) < 4.78 is 0. The van der Waals surface area contributed by atoms with Gasteiger partial charge in [0.05, 0.1) is 21.8 Å². The monoisotopic (exact) mass is 318 g/mol. The van der Waals surface area contributed by atoms with Gasteiger partial charge in [0, 0.05) is 12.1 Å². The summed E-state index contributed by atoms with van der Waals surface area (Å²) in [4.78, 5) is 12.0. The largest absolute Gasteiger partial charge is 0.396 e. The van der Waals surface area contributed by atoms with Crippen LogP contribution in [-0.4, -0.2) is 23.7 Å². The molecule has 0 aromatic heterocycles. The molecule has 20 heavy (non-hydrogen) atoms. The Morgan fingerprint density at radius 2 is 1.80 bits per heavy atom. The fourth-order valence-corrected chi connectivity index (χ4v) is 2.50. The van der Waals surface area contributed by atoms with Crippen LogP contribution in [-0.2, 0) is 0 Å². The Hall–Kier alpha value is -0.970. The molecular formula is C14H20Cl2N2O2. The van der Waals surface area contributed by atoms with Crippen LogP contribution >= 0.6 is 23.2 Å². The Morgan fingerprint density at radius 3 is 2.25 bits per heavy atom. The number of nitrogens with one attached hydrogen (secondary N) is 1. The van der Waals surface area contributed by atoms with E-state index in [1.807, 2.05) is 13.8 Å². The van der Waals surface area contributed by atoms with E-state index >= 15 is 0 Å². The minimum atomic E-state index is -0.561. The highest BCUT2D eigenvalue weighted by Gasteiger charge is 2.17. The number of nitrogens with two attached hydrogens (primary N) is 1. The number of benzene rings is 1. The quantitative estimate of drug-likeness (QED) is 0.705. The minimum Gasteiger partial charge on any atom is -0.396 e. The maximum atomic E-state index is 12.0. The lowest BCUT2D eigenvalue weighted by atomic mass is 9.96. The van der Waals surface area contributed by atoms with Crippen LogP contribution in [0, 0.1) is 5.92 Å². The summed E-state index contributed by atoms with van der Waals surface area (Å²) in [5.41, 5.74) is 6.19. The van der Waals surface area contributed by atoms with Gasteiger partial charge in [-0.3, -0.25) is 4.79 Å². The molecule has 112 valence electrons. The van der Waals surface area contributed by atoms with Gasteiger partial charge in [-0.25, -0.2) is 0 Å². The molecule has 0 spiro atoms. The van der Waals surface area contributed by atoms with E-state index in [0.717, 1.165) is 12.8 Å². The number of anilines is 1. The number of hydrogen-bond acceptors (Lipinski definition) is 3. The molecule has 0 aliphatic heterocycles. The summed E-state index contributed by atoms with van der Waals surface area (Å²) in [6.07, 6.45) is 1.17. The third-order valence-corrected chi connectivity index (χ3v) is 4.03. The Kier molecular flexibility index (Phi) is 6.59. The molecule has 4 N–H and O–H groups in total. The number of carbonyl (C=O) groups is 1. The van der Waals surface area contributed by atoms with E-state index < -0.39 is 6.10 Å². The van der Waals surface area contributed by atoms with Crippen LogP contribution in [0.3, 0.4) is 0 Å². The van der Waals surface area contributed by atoms with Crippen molar-refractivity contribution in [2.45, 2.75) is 32.8 Å². The number of amides is 1. The molecule has 0 radical (unpaired) electrons. The highest BCUT2D eigenvalue weighted by Crippen LogP contribution is 2.28. The highest BCUT2D eigenvalue weighted by atomic mass is 35.5. The molecule has 0 saturated carbocycles. The first kappa shape index (κ1) is 17.1. The van der Waals surface area contributed by atoms with Gasteiger partial charge in [0.1, 0.15) is 0 Å². The summed E-state index contributed by atoms with van der Waals surface area (Å²) in [5, 5.41) is 13.1. The lowest BCUT2D eigenvalue weighted by Crippen LogP contribution is -2.36. The molecule has 1 unspecified atom stereocenters. The summed E-state index contributed by atoms with van der Waals surface area (Å²) in [6.45, 7) is 4.22. The Bertz CT molecular complexity index is 453. The van der Waals surface area contributed by atoms with Crippen LogP contribution in [0.5, 0.6) is 0 Å². The van der Waals surface area contributed by atoms with Crippen molar-refractivity contribution in [2.75, 3.05) is 12.3 Å². The predicted octanol–water partition coefficient (Wildman–Crippen LogP) is 3.10. The smallest absolute Gasteiger partial charge is 0.251 e. The van der Waals surface area contributed by atoms with Crippen LogP contribution in [0.2, 0.25) is 10.0 Å². The van der Waals surface area contributed by atoms with Crippen molar-refractivity contribution in [3.63, 3.8) is 0 Å². The SMILES string of the molecule is CCC(CC)C(O)CNC(=O)c1cc(Cl)c(N)c(Cl)c1. The summed E-state index contributed by atoms with van der Waals surface area (Å²) in [6, 6.07) is 2.92. The van der Waals surface area contributed by atoms with Crippen molar-refractivity contribution >= 4 is 34.8 Å². The van der Waals surface area contributed by atoms with Gasteiger partial charge in [0.25, 0.3) is 5.91 Å². The molecule has 4 nitrogen and oxygen atoms in total. The zero-order chi connectivity index (χ0) is 15.3. The lowest BCUT2D eigenvalue weighted by molar-refractivity contribution is 0.0816. The molecule has 1 aromatic carbocycles. The Balaban J connectivity index is 2.68. The second-order valence-corrected chi connectivity index (χ2v) is 5.52. The number of hydrogen-bond donors (Lipinski definition) is 3. The molecule has 0 heterocycles. The average Bonchev–Trinajstić information content (AvgIpc) is 2.42. The third-order valence-electron chi connectivity index (χ3n) is 3.41. The molecule has 0 aliphatic rings. The first-order valence-corrected chi connectivity index (χ1v) is 7.37. The topological polar surface area (TPSA) is 75.3 Å². The van der Waals surface area contributed by atoms with Crippen LogP contribution in [0.4, 0.5) is 5.69 Å². The van der Waals surface area contributed by atoms with Crippen molar-refractivity contribution in [3.05, 3.63) is 27.7 Å². The number of rotatable bonds is 6. The first-order chi connectivity index (χ1) is 9.40. The molecule has 0 saturated heterocycles. The average molecular weight is 319 g/mol. The van der Waals surface area contributed by atoms with Crippen molar-refractivity contribution < 1.29 is 9.90 Å². The number of carbonyl (C=O) groups excluding carboxylic acids is 1. The molecule has 1 atom stereocenters. The lowest BCUT2D eigenvalue weighted by Gasteiger charge is -2.20. The van der Waals surface area contributed by atoms with E-state index in [2.05, 4.69) is 5.32 Å². The van der Waals surface area contributed by atoms with E-state index in [-0.39, 0.29) is 34.1 Å². The van der Waals surface area contributed by atoms with Crippen molar-refractivity contribution in [1.29, 1.82) is 0 Å². The van der Waals surface area contributed by atoms with E-state index in [1.54, 1.807) is 0 Å². The molecule has 0 bridgehead atoms. The van der Waals surface area contributed by atoms with Crippen LogP contribution in [0.15, 0.2) is 12.1 Å². The molecule has 0 aliphatic carbocycles. The van der Waals surface area contributed by atoms with Gasteiger partial charge in [0.15, 0.2) is 0 Å². The van der Waals surface area contributed by atoms with Crippen molar-refractivity contribution in [1.82, 2.24) is 5.32 Å². The van der Waals surface area contributed by atoms with Crippen LogP contribution < -0.4 is 11.1 Å². The number of aliphatic hydroxyl groups excluding tert-OH is 1. The van der Waals surface area contributed by atoms with E-state index in [0.29, 0.717) is 5.56 Å². The number of halogens is 2. The second kappa shape index (κ2) is 7.72. The maximum Gasteiger partial charge on any atom is 0.251 e. The van der Waals surface area contributed by atoms with Crippen LogP contribution in [0.25, 0.3) is 0 Å². The Morgan fingerprint density at radius 1 is 1.30 bits per heavy atom. The predicted molar refractivity (Wildman–Crippen MR) is 83.3 cm³/mol. The fourth-order valence-electron chi connectivity index (χ4n) is 2.01. The standard InChI is InChI=1S/C14H20Cl2N2O2/c1-3-8(4-2)12(19)7-18-14(20)9-5-10(15)13(17)11(16)6-9/h5-6,8,12,19H,3-4,7,17H2,1-2H3,(H,18,20). The number of nitrogen functional groups attached to an aromatic ring is 1. The van der Waals surface area contributed by atoms with Gasteiger partial charge in [-0.1, -0.05) is 49.9 Å². The number of aliphatic hydroxyl groups is 1. The van der Waals surface area contributed by atoms with E-state index in [4.69, 9.17) is 28.9 Å². The van der Waals surface area contributed by atoms with Gasteiger partial charge in [0.2, 0.25) is 0 Å². The summed E-state index contributed by atoms with van der Waals surface area (Å²) in [7, 11) is 0. The zero-order valence-corrected chi connectivity index (χ0v) is 13.1. The molecule has 1 rings (SSSR count). The molecule has 6 heteroatoms. The van der Waals surface area contributed by atoms with Gasteiger partial charge >= 0.3 is 0 Å². The second-order valence-electron chi connectivity index (χ2n) is 4.71. The molecule has 1 amide bonds. The first-order valence-electron chi connectivity index (χ1n) is 6.61. The molecular weight excluding hydrogens is 299 g/mol. The van der Waals surface area contributed by atoms with Gasteiger partial charge in [-0.05, 0) is 18.1 Å². The fraction of sp³-hybridized carbons (Fsp3) is 0.500. The summed E-state index contributed by atoms with van der Waals surface area (Å²) >= 11 is 11.8. The van der Waals surface area contributed by atoms with Crippen molar-refractivity contribution in [3.8, 4) is 0 Å². The summed E-state index contributed by atoms with van der Waals surface area (Å²) in [5.74, 6) is -0.160. The van der Waals surface area contributed by atoms with Gasteiger partial charge < -0.3 is 16.2 Å². The van der Waals surface area contributed by atoms with E-state index in [1.165, 1.54) is 12.1 Å². The van der Waals surface area contributed by atoms with Gasteiger partial charge in [-0.15, -0.1) is 0 Å². The minimum absolute atomic E-state index is 0.175. The molecule has 0 fully saturated rings. The van der Waals surface area contributed by atoms with E-state index in [9.17, 15) is 9.90 Å². The van der Waals surface area contributed by atoms with Crippen molar-refractivity contribution in [2.24, 2.45) is 5.92 Å². The van der Waals surface area contributed by atoms with Gasteiger partial charge in [-0.2, -0.15) is 0 Å². The highest BCUT2D eigenvalue weighted by molar-refractivity contribution is 6.39. The third kappa shape index (κ3) is 4.27. The Labute approximate surface area is 129 Å². The molecule has 1 aromatic rings. The zero-order valence-electron chi connectivity index (χ0n) is 11.6.